The Morgan fingerprint density at radius 1 is 1.50 bits per heavy atom. The number of nitrogens with zero attached hydrogens (tertiary/aromatic N) is 1. The van der Waals surface area contributed by atoms with Gasteiger partial charge in [0.2, 0.25) is 0 Å². The topological polar surface area (TPSA) is 59.1 Å². The molecule has 0 radical (unpaired) electrons. The van der Waals surface area contributed by atoms with Gasteiger partial charge in [-0.05, 0) is 24.5 Å². The van der Waals surface area contributed by atoms with Gasteiger partial charge in [0.05, 0.1) is 5.69 Å². The van der Waals surface area contributed by atoms with E-state index in [2.05, 4.69) is 11.9 Å². The zero-order valence-electron chi connectivity index (χ0n) is 9.89. The van der Waals surface area contributed by atoms with Crippen molar-refractivity contribution in [1.29, 1.82) is 0 Å². The van der Waals surface area contributed by atoms with Crippen molar-refractivity contribution in [3.63, 3.8) is 0 Å². The fourth-order valence-corrected chi connectivity index (χ4v) is 2.07. The van der Waals surface area contributed by atoms with Crippen LogP contribution in [-0.2, 0) is 0 Å². The number of aliphatic hydroxyl groups excluding tert-OH is 1. The SMILES string of the molecule is CC[C@H](N)c1ccc(SCC(C)CO)cn1. The van der Waals surface area contributed by atoms with Crippen molar-refractivity contribution in [2.45, 2.75) is 31.2 Å². The lowest BCUT2D eigenvalue weighted by molar-refractivity contribution is 0.250. The molecule has 1 heterocycles. The molecule has 4 heteroatoms. The van der Waals surface area contributed by atoms with E-state index in [1.807, 2.05) is 25.3 Å². The van der Waals surface area contributed by atoms with Crippen LogP contribution in [0.1, 0.15) is 32.0 Å². The van der Waals surface area contributed by atoms with Gasteiger partial charge >= 0.3 is 0 Å². The number of hydrogen-bond acceptors (Lipinski definition) is 4. The van der Waals surface area contributed by atoms with E-state index in [1.54, 1.807) is 11.8 Å². The number of pyridine rings is 1. The van der Waals surface area contributed by atoms with Crippen LogP contribution in [0, 0.1) is 5.92 Å². The van der Waals surface area contributed by atoms with Gasteiger partial charge in [-0.1, -0.05) is 13.8 Å². The molecule has 1 unspecified atom stereocenters. The quantitative estimate of drug-likeness (QED) is 0.748. The van der Waals surface area contributed by atoms with Crippen LogP contribution in [0.4, 0.5) is 0 Å². The van der Waals surface area contributed by atoms with Gasteiger partial charge in [0.1, 0.15) is 0 Å². The Balaban J connectivity index is 2.51. The Hall–Kier alpha value is -0.580. The van der Waals surface area contributed by atoms with Crippen LogP contribution in [0.5, 0.6) is 0 Å². The normalized spacial score (nSPS) is 14.8. The Morgan fingerprint density at radius 2 is 2.25 bits per heavy atom. The van der Waals surface area contributed by atoms with E-state index in [0.717, 1.165) is 22.8 Å². The van der Waals surface area contributed by atoms with Crippen LogP contribution < -0.4 is 5.73 Å². The minimum atomic E-state index is 0.0374. The van der Waals surface area contributed by atoms with E-state index >= 15 is 0 Å². The maximum atomic E-state index is 8.92. The highest BCUT2D eigenvalue weighted by atomic mass is 32.2. The molecule has 3 nitrogen and oxygen atoms in total. The molecular formula is C12H20N2OS. The fourth-order valence-electron chi connectivity index (χ4n) is 1.20. The summed E-state index contributed by atoms with van der Waals surface area (Å²) in [5.41, 5.74) is 6.83. The number of hydrogen-bond donors (Lipinski definition) is 2. The largest absolute Gasteiger partial charge is 0.396 e. The van der Waals surface area contributed by atoms with Crippen LogP contribution in [0.25, 0.3) is 0 Å². The van der Waals surface area contributed by atoms with Crippen LogP contribution >= 0.6 is 11.8 Å². The molecule has 0 aliphatic carbocycles. The summed E-state index contributed by atoms with van der Waals surface area (Å²) in [5, 5.41) is 8.92. The number of thioether (sulfide) groups is 1. The number of nitrogens with two attached hydrogens (primary N) is 1. The van der Waals surface area contributed by atoms with Crippen LogP contribution in [0.2, 0.25) is 0 Å². The van der Waals surface area contributed by atoms with Crippen molar-refractivity contribution in [1.82, 2.24) is 4.98 Å². The van der Waals surface area contributed by atoms with Crippen molar-refractivity contribution in [2.75, 3.05) is 12.4 Å². The molecule has 16 heavy (non-hydrogen) atoms. The van der Waals surface area contributed by atoms with E-state index in [-0.39, 0.29) is 12.6 Å². The molecule has 3 N–H and O–H groups in total. The van der Waals surface area contributed by atoms with Crippen molar-refractivity contribution >= 4 is 11.8 Å². The second-order valence-corrected chi connectivity index (χ2v) is 5.13. The summed E-state index contributed by atoms with van der Waals surface area (Å²) in [5.74, 6) is 1.24. The summed E-state index contributed by atoms with van der Waals surface area (Å²) in [6.45, 7) is 4.32. The molecule has 0 aliphatic heterocycles. The van der Waals surface area contributed by atoms with Crippen molar-refractivity contribution < 1.29 is 5.11 Å². The second-order valence-electron chi connectivity index (χ2n) is 4.03. The number of aliphatic hydroxyl groups is 1. The molecule has 2 atom stereocenters. The molecule has 0 saturated carbocycles. The third kappa shape index (κ3) is 4.12. The van der Waals surface area contributed by atoms with E-state index in [1.165, 1.54) is 0 Å². The first kappa shape index (κ1) is 13.5. The smallest absolute Gasteiger partial charge is 0.0571 e. The van der Waals surface area contributed by atoms with Gasteiger partial charge in [0, 0.05) is 29.5 Å². The molecule has 0 aromatic carbocycles. The highest BCUT2D eigenvalue weighted by molar-refractivity contribution is 7.99. The molecule has 0 spiro atoms. The Labute approximate surface area is 101 Å². The molecule has 1 aromatic rings. The molecule has 0 bridgehead atoms. The summed E-state index contributed by atoms with van der Waals surface area (Å²) in [4.78, 5) is 5.48. The van der Waals surface area contributed by atoms with Crippen LogP contribution in [0.3, 0.4) is 0 Å². The first-order valence-corrected chi connectivity index (χ1v) is 6.61. The standard InChI is InChI=1S/C12H20N2OS/c1-3-11(13)12-5-4-10(6-14-12)16-8-9(2)7-15/h4-6,9,11,15H,3,7-8,13H2,1-2H3/t9?,11-/m0/s1. The second kappa shape index (κ2) is 6.89. The van der Waals surface area contributed by atoms with E-state index in [9.17, 15) is 0 Å². The summed E-state index contributed by atoms with van der Waals surface area (Å²) in [7, 11) is 0. The first-order chi connectivity index (χ1) is 7.67. The predicted octanol–water partition coefficient (Wildman–Crippen LogP) is 2.21. The molecule has 0 fully saturated rings. The third-order valence-corrected chi connectivity index (χ3v) is 3.74. The highest BCUT2D eigenvalue weighted by Gasteiger charge is 2.05. The van der Waals surface area contributed by atoms with Gasteiger partial charge in [0.25, 0.3) is 0 Å². The Morgan fingerprint density at radius 3 is 2.75 bits per heavy atom. The fraction of sp³-hybridized carbons (Fsp3) is 0.583. The van der Waals surface area contributed by atoms with Crippen LogP contribution in [0.15, 0.2) is 23.2 Å². The summed E-state index contributed by atoms with van der Waals surface area (Å²) in [6, 6.07) is 4.07. The lowest BCUT2D eigenvalue weighted by atomic mass is 10.1. The number of rotatable bonds is 6. The minimum absolute atomic E-state index is 0.0374. The zero-order valence-corrected chi connectivity index (χ0v) is 10.7. The molecule has 0 amide bonds. The highest BCUT2D eigenvalue weighted by Crippen LogP contribution is 2.21. The van der Waals surface area contributed by atoms with Gasteiger partial charge in [0.15, 0.2) is 0 Å². The summed E-state index contributed by atoms with van der Waals surface area (Å²) in [6.07, 6.45) is 2.76. The van der Waals surface area contributed by atoms with E-state index in [4.69, 9.17) is 10.8 Å². The van der Waals surface area contributed by atoms with Crippen molar-refractivity contribution in [3.05, 3.63) is 24.0 Å². The molecule has 0 aliphatic rings. The van der Waals surface area contributed by atoms with Crippen LogP contribution in [-0.4, -0.2) is 22.5 Å². The van der Waals surface area contributed by atoms with Gasteiger partial charge in [-0.15, -0.1) is 11.8 Å². The molecular weight excluding hydrogens is 220 g/mol. The summed E-state index contributed by atoms with van der Waals surface area (Å²) >= 11 is 1.72. The Bertz CT molecular complexity index is 302. The lowest BCUT2D eigenvalue weighted by Gasteiger charge is -2.10. The molecule has 1 rings (SSSR count). The molecule has 90 valence electrons. The van der Waals surface area contributed by atoms with Crippen molar-refractivity contribution in [2.24, 2.45) is 11.7 Å². The maximum absolute atomic E-state index is 8.92. The first-order valence-electron chi connectivity index (χ1n) is 5.62. The van der Waals surface area contributed by atoms with Gasteiger partial charge in [-0.25, -0.2) is 0 Å². The third-order valence-electron chi connectivity index (χ3n) is 2.43. The van der Waals surface area contributed by atoms with Crippen molar-refractivity contribution in [3.8, 4) is 0 Å². The minimum Gasteiger partial charge on any atom is -0.396 e. The average Bonchev–Trinajstić information content (AvgIpc) is 2.35. The Kier molecular flexibility index (Phi) is 5.80. The predicted molar refractivity (Wildman–Crippen MR) is 68.4 cm³/mol. The van der Waals surface area contributed by atoms with Gasteiger partial charge in [-0.2, -0.15) is 0 Å². The monoisotopic (exact) mass is 240 g/mol. The van der Waals surface area contributed by atoms with Gasteiger partial charge in [-0.3, -0.25) is 4.98 Å². The van der Waals surface area contributed by atoms with E-state index in [0.29, 0.717) is 5.92 Å². The maximum Gasteiger partial charge on any atom is 0.0571 e. The van der Waals surface area contributed by atoms with E-state index < -0.39 is 0 Å². The number of aromatic nitrogens is 1. The lowest BCUT2D eigenvalue weighted by Crippen LogP contribution is -2.10. The molecule has 1 aromatic heterocycles. The average molecular weight is 240 g/mol. The zero-order chi connectivity index (χ0) is 12.0. The van der Waals surface area contributed by atoms with Gasteiger partial charge < -0.3 is 10.8 Å². The molecule has 0 saturated heterocycles. The summed E-state index contributed by atoms with van der Waals surface area (Å²) < 4.78 is 0.